The van der Waals surface area contributed by atoms with Gasteiger partial charge in [0.05, 0.1) is 27.4 Å². The highest BCUT2D eigenvalue weighted by Gasteiger charge is 2.39. The number of fused-ring (bicyclic) bond motifs is 2. The molecule has 0 saturated carbocycles. The summed E-state index contributed by atoms with van der Waals surface area (Å²) < 4.78 is 15.8. The molecule has 4 aromatic rings. The van der Waals surface area contributed by atoms with Gasteiger partial charge < -0.3 is 24.1 Å². The van der Waals surface area contributed by atoms with Crippen molar-refractivity contribution in [1.82, 2.24) is 20.7 Å². The average Bonchev–Trinajstić information content (AvgIpc) is 3.49. The van der Waals surface area contributed by atoms with Crippen LogP contribution >= 0.6 is 0 Å². The van der Waals surface area contributed by atoms with E-state index in [2.05, 4.69) is 15.8 Å². The molecule has 0 bridgehead atoms. The van der Waals surface area contributed by atoms with Crippen LogP contribution in [0.3, 0.4) is 0 Å². The van der Waals surface area contributed by atoms with E-state index in [4.69, 9.17) is 14.2 Å². The molecule has 1 aliphatic heterocycles. The van der Waals surface area contributed by atoms with Gasteiger partial charge in [-0.2, -0.15) is 0 Å². The normalized spacial score (nSPS) is 14.2. The molecule has 0 saturated heterocycles. The van der Waals surface area contributed by atoms with Crippen molar-refractivity contribution in [2.75, 3.05) is 27.9 Å². The van der Waals surface area contributed by atoms with Gasteiger partial charge in [0.1, 0.15) is 6.54 Å². The fourth-order valence-corrected chi connectivity index (χ4v) is 4.79. The number of ether oxygens (including phenoxy) is 3. The van der Waals surface area contributed by atoms with E-state index in [1.807, 2.05) is 42.6 Å². The molecule has 194 valence electrons. The van der Waals surface area contributed by atoms with Crippen LogP contribution in [-0.2, 0) is 4.79 Å². The lowest BCUT2D eigenvalue weighted by molar-refractivity contribution is -0.122. The van der Waals surface area contributed by atoms with Gasteiger partial charge in [-0.05, 0) is 29.8 Å². The van der Waals surface area contributed by atoms with Crippen LogP contribution in [0, 0.1) is 0 Å². The molecule has 10 nitrogen and oxygen atoms in total. The molecule has 2 heterocycles. The van der Waals surface area contributed by atoms with E-state index in [1.165, 1.54) is 38.4 Å². The van der Waals surface area contributed by atoms with E-state index < -0.39 is 17.9 Å². The standard InChI is InChI=1S/C28H26N4O6/c1-36-22-12-16(13-23(37-2)26(22)38-3)27(34)31-30-24(33)15-32-25(18-9-4-5-10-19(18)28(32)35)20-14-29-21-11-7-6-8-17(20)21/h4-14,25,29H,15H2,1-3H3,(H,30,33)(H,31,34). The van der Waals surface area contributed by atoms with Gasteiger partial charge in [-0.25, -0.2) is 0 Å². The summed E-state index contributed by atoms with van der Waals surface area (Å²) in [5.74, 6) is -0.484. The van der Waals surface area contributed by atoms with Crippen LogP contribution in [-0.4, -0.2) is 55.5 Å². The van der Waals surface area contributed by atoms with Crippen molar-refractivity contribution < 1.29 is 28.6 Å². The van der Waals surface area contributed by atoms with E-state index in [9.17, 15) is 14.4 Å². The van der Waals surface area contributed by atoms with Crippen LogP contribution in [0.25, 0.3) is 10.9 Å². The smallest absolute Gasteiger partial charge is 0.269 e. The van der Waals surface area contributed by atoms with Gasteiger partial charge in [0.2, 0.25) is 5.75 Å². The third-order valence-electron chi connectivity index (χ3n) is 6.53. The van der Waals surface area contributed by atoms with E-state index in [0.717, 1.165) is 22.0 Å². The molecule has 38 heavy (non-hydrogen) atoms. The molecule has 1 atom stereocenters. The van der Waals surface area contributed by atoms with Crippen molar-refractivity contribution in [3.63, 3.8) is 0 Å². The van der Waals surface area contributed by atoms with Crippen LogP contribution in [0.15, 0.2) is 66.9 Å². The number of carbonyl (C=O) groups is 3. The second-order valence-corrected chi connectivity index (χ2v) is 8.63. The summed E-state index contributed by atoms with van der Waals surface area (Å²) in [6, 6.07) is 17.6. The minimum atomic E-state index is -0.596. The minimum absolute atomic E-state index is 0.182. The van der Waals surface area contributed by atoms with Crippen molar-refractivity contribution in [3.05, 3.63) is 89.1 Å². The monoisotopic (exact) mass is 514 g/mol. The maximum absolute atomic E-state index is 13.3. The average molecular weight is 515 g/mol. The zero-order valence-electron chi connectivity index (χ0n) is 21.0. The van der Waals surface area contributed by atoms with Crippen molar-refractivity contribution in [1.29, 1.82) is 0 Å². The number of nitrogens with zero attached hydrogens (tertiary/aromatic N) is 1. The zero-order chi connectivity index (χ0) is 26.8. The van der Waals surface area contributed by atoms with E-state index in [-0.39, 0.29) is 18.0 Å². The van der Waals surface area contributed by atoms with Gasteiger partial charge in [-0.15, -0.1) is 0 Å². The first-order valence-electron chi connectivity index (χ1n) is 11.8. The topological polar surface area (TPSA) is 122 Å². The Bertz CT molecular complexity index is 1520. The Kier molecular flexibility index (Phi) is 6.61. The number of nitrogens with one attached hydrogen (secondary N) is 3. The van der Waals surface area contributed by atoms with Gasteiger partial charge in [0.25, 0.3) is 17.7 Å². The Labute approximate surface area is 218 Å². The predicted molar refractivity (Wildman–Crippen MR) is 139 cm³/mol. The number of carbonyl (C=O) groups excluding carboxylic acids is 3. The summed E-state index contributed by atoms with van der Waals surface area (Å²) in [5, 5.41) is 0.961. The molecule has 0 spiro atoms. The number of hydrogen-bond donors (Lipinski definition) is 3. The van der Waals surface area contributed by atoms with Gasteiger partial charge in [0.15, 0.2) is 11.5 Å². The first-order valence-corrected chi connectivity index (χ1v) is 11.8. The van der Waals surface area contributed by atoms with Gasteiger partial charge in [-0.1, -0.05) is 36.4 Å². The highest BCUT2D eigenvalue weighted by Crippen LogP contribution is 2.41. The zero-order valence-corrected chi connectivity index (χ0v) is 21.0. The molecule has 1 aliphatic rings. The summed E-state index contributed by atoms with van der Waals surface area (Å²) >= 11 is 0. The highest BCUT2D eigenvalue weighted by molar-refractivity contribution is 6.03. The lowest BCUT2D eigenvalue weighted by Crippen LogP contribution is -2.47. The molecule has 5 rings (SSSR count). The molecule has 10 heteroatoms. The number of hydrogen-bond acceptors (Lipinski definition) is 6. The molecule has 1 aromatic heterocycles. The number of H-pyrrole nitrogens is 1. The second kappa shape index (κ2) is 10.2. The largest absolute Gasteiger partial charge is 0.493 e. The Morgan fingerprint density at radius 3 is 2.29 bits per heavy atom. The number of benzene rings is 3. The fourth-order valence-electron chi connectivity index (χ4n) is 4.79. The summed E-state index contributed by atoms with van der Waals surface area (Å²) in [4.78, 5) is 43.8. The lowest BCUT2D eigenvalue weighted by Gasteiger charge is -2.25. The van der Waals surface area contributed by atoms with E-state index in [0.29, 0.717) is 22.8 Å². The number of rotatable bonds is 7. The third-order valence-corrected chi connectivity index (χ3v) is 6.53. The van der Waals surface area contributed by atoms with Crippen molar-refractivity contribution in [3.8, 4) is 17.2 Å². The van der Waals surface area contributed by atoms with Gasteiger partial charge in [-0.3, -0.25) is 25.2 Å². The molecule has 3 aromatic carbocycles. The van der Waals surface area contributed by atoms with Crippen LogP contribution in [0.4, 0.5) is 0 Å². The molecule has 1 unspecified atom stereocenters. The van der Waals surface area contributed by atoms with Crippen LogP contribution in [0.5, 0.6) is 17.2 Å². The van der Waals surface area contributed by atoms with Crippen LogP contribution in [0.1, 0.15) is 37.9 Å². The van der Waals surface area contributed by atoms with Crippen molar-refractivity contribution in [2.24, 2.45) is 0 Å². The first-order chi connectivity index (χ1) is 18.5. The van der Waals surface area contributed by atoms with Crippen LogP contribution < -0.4 is 25.1 Å². The Balaban J connectivity index is 1.35. The summed E-state index contributed by atoms with van der Waals surface area (Å²) in [6.07, 6.45) is 1.86. The number of methoxy groups -OCH3 is 3. The Morgan fingerprint density at radius 2 is 1.58 bits per heavy atom. The lowest BCUT2D eigenvalue weighted by atomic mass is 9.97. The number of aromatic amines is 1. The van der Waals surface area contributed by atoms with E-state index in [1.54, 1.807) is 12.1 Å². The molecule has 0 fully saturated rings. The highest BCUT2D eigenvalue weighted by atomic mass is 16.5. The summed E-state index contributed by atoms with van der Waals surface area (Å²) in [5.41, 5.74) is 8.15. The molecule has 0 aliphatic carbocycles. The summed E-state index contributed by atoms with van der Waals surface area (Å²) in [6.45, 7) is -0.271. The Hall–Kier alpha value is -4.99. The van der Waals surface area contributed by atoms with E-state index >= 15 is 0 Å². The third kappa shape index (κ3) is 4.26. The predicted octanol–water partition coefficient (Wildman–Crippen LogP) is 3.20. The first kappa shape index (κ1) is 24.7. The fraction of sp³-hybridized carbons (Fsp3) is 0.179. The molecule has 3 N–H and O–H groups in total. The molecule has 0 radical (unpaired) electrons. The SMILES string of the molecule is COc1cc(C(=O)NNC(=O)CN2C(=O)c3ccccc3C2c2c[nH]c3ccccc23)cc(OC)c1OC. The van der Waals surface area contributed by atoms with Gasteiger partial charge in [0, 0.05) is 33.8 Å². The molecular weight excluding hydrogens is 488 g/mol. The number of aromatic nitrogens is 1. The number of amides is 3. The number of para-hydroxylation sites is 1. The maximum Gasteiger partial charge on any atom is 0.269 e. The van der Waals surface area contributed by atoms with Crippen molar-refractivity contribution in [2.45, 2.75) is 6.04 Å². The Morgan fingerprint density at radius 1 is 0.895 bits per heavy atom. The summed E-state index contributed by atoms with van der Waals surface area (Å²) in [7, 11) is 4.34. The molecule has 3 amide bonds. The maximum atomic E-state index is 13.3. The number of hydrazine groups is 1. The minimum Gasteiger partial charge on any atom is -0.493 e. The quantitative estimate of drug-likeness (QED) is 0.326. The van der Waals surface area contributed by atoms with Gasteiger partial charge >= 0.3 is 0 Å². The molecular formula is C28H26N4O6. The second-order valence-electron chi connectivity index (χ2n) is 8.63. The van der Waals surface area contributed by atoms with Crippen LogP contribution in [0.2, 0.25) is 0 Å². The van der Waals surface area contributed by atoms with Crippen molar-refractivity contribution >= 4 is 28.6 Å².